The second-order valence-electron chi connectivity index (χ2n) is 9.70. The summed E-state index contributed by atoms with van der Waals surface area (Å²) in [6.07, 6.45) is 0.0996. The highest BCUT2D eigenvalue weighted by Gasteiger charge is 2.23. The molecule has 6 nitrogen and oxygen atoms in total. The molecule has 0 aliphatic rings. The van der Waals surface area contributed by atoms with E-state index >= 15 is 0 Å². The van der Waals surface area contributed by atoms with Crippen molar-refractivity contribution in [2.75, 3.05) is 14.2 Å². The van der Waals surface area contributed by atoms with Gasteiger partial charge in [-0.1, -0.05) is 43.9 Å². The summed E-state index contributed by atoms with van der Waals surface area (Å²) in [6, 6.07) is 20.8. The minimum atomic E-state index is -0.360. The first-order valence-electron chi connectivity index (χ1n) is 13.0. The molecular weight excluding hydrogens is 664 g/mol. The van der Waals surface area contributed by atoms with Gasteiger partial charge in [0.15, 0.2) is 11.5 Å². The lowest BCUT2D eigenvalue weighted by molar-refractivity contribution is -0.139. The first-order valence-corrected chi connectivity index (χ1v) is 14.6. The van der Waals surface area contributed by atoms with Crippen molar-refractivity contribution in [3.8, 4) is 34.8 Å². The molecule has 42 heavy (non-hydrogen) atoms. The van der Waals surface area contributed by atoms with Gasteiger partial charge in [-0.25, -0.2) is 0 Å². The Balaban J connectivity index is 1.76. The Bertz CT molecular complexity index is 1690. The van der Waals surface area contributed by atoms with Crippen molar-refractivity contribution >= 4 is 43.6 Å². The molecule has 4 aromatic rings. The molecule has 0 bridgehead atoms. The first-order chi connectivity index (χ1) is 20.1. The van der Waals surface area contributed by atoms with E-state index in [1.54, 1.807) is 67.8 Å². The molecule has 0 heterocycles. The molecule has 0 saturated carbocycles. The second-order valence-corrected chi connectivity index (χ2v) is 11.4. The van der Waals surface area contributed by atoms with Crippen molar-refractivity contribution in [1.29, 1.82) is 0 Å². The quantitative estimate of drug-likeness (QED) is 0.114. The van der Waals surface area contributed by atoms with Crippen LogP contribution in [0.4, 0.5) is 0 Å². The van der Waals surface area contributed by atoms with Crippen LogP contribution in [0, 0.1) is 11.8 Å². The van der Waals surface area contributed by atoms with Crippen LogP contribution >= 0.6 is 31.9 Å². The van der Waals surface area contributed by atoms with E-state index in [-0.39, 0.29) is 29.8 Å². The van der Waals surface area contributed by atoms with Crippen molar-refractivity contribution in [1.82, 2.24) is 0 Å². The summed E-state index contributed by atoms with van der Waals surface area (Å²) in [5.41, 5.74) is 3.64. The van der Waals surface area contributed by atoms with Gasteiger partial charge in [-0.2, -0.15) is 0 Å². The van der Waals surface area contributed by atoms with E-state index < -0.39 is 0 Å². The normalized spacial score (nSPS) is 10.5. The molecule has 0 spiro atoms. The molecular formula is C34H28Br2O6. The van der Waals surface area contributed by atoms with Crippen LogP contribution in [0.1, 0.15) is 57.9 Å². The Morgan fingerprint density at radius 2 is 1.50 bits per heavy atom. The second kappa shape index (κ2) is 13.7. The number of ketones is 1. The average Bonchev–Trinajstić information content (AvgIpc) is 2.97. The third kappa shape index (κ3) is 7.41. The summed E-state index contributed by atoms with van der Waals surface area (Å²) in [5.74, 6) is 7.05. The van der Waals surface area contributed by atoms with Gasteiger partial charge in [0.05, 0.1) is 35.1 Å². The van der Waals surface area contributed by atoms with E-state index in [4.69, 9.17) is 14.2 Å². The number of halogens is 2. The van der Waals surface area contributed by atoms with Crippen LogP contribution in [-0.4, -0.2) is 31.1 Å². The highest BCUT2D eigenvalue weighted by atomic mass is 79.9. The van der Waals surface area contributed by atoms with Gasteiger partial charge < -0.3 is 19.3 Å². The first kappa shape index (κ1) is 30.9. The minimum absolute atomic E-state index is 0.0943. The van der Waals surface area contributed by atoms with Gasteiger partial charge in [0.25, 0.3) is 0 Å². The van der Waals surface area contributed by atoms with Crippen LogP contribution in [0.3, 0.4) is 0 Å². The predicted molar refractivity (Wildman–Crippen MR) is 169 cm³/mol. The predicted octanol–water partition coefficient (Wildman–Crippen LogP) is 8.19. The Morgan fingerprint density at radius 3 is 2.10 bits per heavy atom. The molecule has 0 aliphatic heterocycles. The largest absolute Gasteiger partial charge is 0.508 e. The van der Waals surface area contributed by atoms with Crippen molar-refractivity contribution in [2.24, 2.45) is 0 Å². The van der Waals surface area contributed by atoms with Gasteiger partial charge in [0, 0.05) is 22.3 Å². The number of aromatic hydroxyl groups is 1. The third-order valence-corrected chi connectivity index (χ3v) is 7.54. The Labute approximate surface area is 261 Å². The standard InChI is InChI=1S/C34H28Br2O6/c1-20(2)26-18-31(42-34-28(35)15-23(16-29(34)36)17-32(38)41-4)27(19-30(26)40-3)33(39)24-9-5-7-21(13-24)11-12-22-8-6-10-25(37)14-22/h5-10,13-16,18-20,37H,17H2,1-4H3. The average molecular weight is 692 g/mol. The van der Waals surface area contributed by atoms with Crippen LogP contribution in [-0.2, 0) is 16.0 Å². The Morgan fingerprint density at radius 1 is 0.857 bits per heavy atom. The minimum Gasteiger partial charge on any atom is -0.508 e. The molecule has 0 radical (unpaired) electrons. The van der Waals surface area contributed by atoms with E-state index in [9.17, 15) is 14.7 Å². The number of phenols is 1. The molecule has 4 rings (SSSR count). The van der Waals surface area contributed by atoms with Gasteiger partial charge >= 0.3 is 5.97 Å². The summed E-state index contributed by atoms with van der Waals surface area (Å²) in [7, 11) is 2.91. The van der Waals surface area contributed by atoms with E-state index in [0.29, 0.717) is 48.4 Å². The van der Waals surface area contributed by atoms with Crippen molar-refractivity contribution in [3.05, 3.63) is 115 Å². The smallest absolute Gasteiger partial charge is 0.309 e. The summed E-state index contributed by atoms with van der Waals surface area (Å²) in [4.78, 5) is 25.8. The zero-order valence-electron chi connectivity index (χ0n) is 23.5. The molecule has 4 aromatic carbocycles. The molecule has 0 aromatic heterocycles. The molecule has 0 saturated heterocycles. The number of hydrogen-bond donors (Lipinski definition) is 1. The Hall–Kier alpha value is -4.06. The third-order valence-electron chi connectivity index (χ3n) is 6.37. The lowest BCUT2D eigenvalue weighted by Crippen LogP contribution is -2.07. The van der Waals surface area contributed by atoms with Crippen molar-refractivity contribution in [3.63, 3.8) is 0 Å². The zero-order valence-corrected chi connectivity index (χ0v) is 26.6. The van der Waals surface area contributed by atoms with Gasteiger partial charge in [-0.15, -0.1) is 0 Å². The number of esters is 1. The molecule has 0 fully saturated rings. The van der Waals surface area contributed by atoms with E-state index in [1.807, 2.05) is 26.0 Å². The number of ether oxygens (including phenoxy) is 3. The molecule has 1 N–H and O–H groups in total. The van der Waals surface area contributed by atoms with Crippen LogP contribution in [0.25, 0.3) is 0 Å². The fourth-order valence-electron chi connectivity index (χ4n) is 4.25. The number of hydrogen-bond acceptors (Lipinski definition) is 6. The Kier molecular flexibility index (Phi) is 10.1. The van der Waals surface area contributed by atoms with Crippen LogP contribution in [0.5, 0.6) is 23.0 Å². The maximum absolute atomic E-state index is 14.0. The highest BCUT2D eigenvalue weighted by Crippen LogP contribution is 2.42. The number of carbonyl (C=O) groups is 2. The number of benzene rings is 4. The van der Waals surface area contributed by atoms with E-state index in [2.05, 4.69) is 43.7 Å². The SMILES string of the molecule is COC(=O)Cc1cc(Br)c(Oc2cc(C(C)C)c(OC)cc2C(=O)c2cccc(C#Cc3cccc(O)c3)c2)c(Br)c1. The van der Waals surface area contributed by atoms with Gasteiger partial charge in [-0.05, 0) is 97.9 Å². The lowest BCUT2D eigenvalue weighted by Gasteiger charge is -2.19. The van der Waals surface area contributed by atoms with Crippen molar-refractivity contribution < 1.29 is 28.9 Å². The highest BCUT2D eigenvalue weighted by molar-refractivity contribution is 9.11. The van der Waals surface area contributed by atoms with Gasteiger partial charge in [0.2, 0.25) is 0 Å². The van der Waals surface area contributed by atoms with Gasteiger partial charge in [-0.3, -0.25) is 9.59 Å². The monoisotopic (exact) mass is 690 g/mol. The summed E-state index contributed by atoms with van der Waals surface area (Å²) in [6.45, 7) is 4.07. The molecule has 214 valence electrons. The van der Waals surface area contributed by atoms with Crippen LogP contribution in [0.2, 0.25) is 0 Å². The number of methoxy groups -OCH3 is 2. The number of phenolic OH excluding ortho intramolecular Hbond substituents is 1. The summed E-state index contributed by atoms with van der Waals surface area (Å²) >= 11 is 7.10. The van der Waals surface area contributed by atoms with Crippen LogP contribution in [0.15, 0.2) is 81.7 Å². The van der Waals surface area contributed by atoms with Crippen molar-refractivity contribution in [2.45, 2.75) is 26.2 Å². The molecule has 0 aliphatic carbocycles. The molecule has 0 atom stereocenters. The van der Waals surface area contributed by atoms with Gasteiger partial charge in [0.1, 0.15) is 17.2 Å². The lowest BCUT2D eigenvalue weighted by atomic mass is 9.95. The van der Waals surface area contributed by atoms with E-state index in [1.165, 1.54) is 7.11 Å². The molecule has 0 unspecified atom stereocenters. The fourth-order valence-corrected chi connectivity index (χ4v) is 5.69. The summed E-state index contributed by atoms with van der Waals surface area (Å²) in [5, 5.41) is 9.72. The topological polar surface area (TPSA) is 82.1 Å². The molecule has 0 amide bonds. The fraction of sp³-hybridized carbons (Fsp3) is 0.176. The zero-order chi connectivity index (χ0) is 30.4. The van der Waals surface area contributed by atoms with Crippen LogP contribution < -0.4 is 9.47 Å². The summed E-state index contributed by atoms with van der Waals surface area (Å²) < 4.78 is 18.0. The maximum Gasteiger partial charge on any atom is 0.309 e. The maximum atomic E-state index is 14.0. The number of carbonyl (C=O) groups excluding carboxylic acids is 2. The van der Waals surface area contributed by atoms with E-state index in [0.717, 1.165) is 11.1 Å². The molecule has 8 heteroatoms. The number of rotatable bonds is 8.